The van der Waals surface area contributed by atoms with E-state index in [4.69, 9.17) is 4.74 Å². The first-order valence-corrected chi connectivity index (χ1v) is 13.6. The number of nitrogens with one attached hydrogen (secondary N) is 1. The van der Waals surface area contributed by atoms with Gasteiger partial charge in [0, 0.05) is 18.2 Å². The molecule has 4 aliphatic rings. The van der Waals surface area contributed by atoms with Gasteiger partial charge < -0.3 is 10.1 Å². The molecule has 39 heavy (non-hydrogen) atoms. The first-order chi connectivity index (χ1) is 18.6. The van der Waals surface area contributed by atoms with Crippen LogP contribution in [-0.2, 0) is 11.7 Å². The molecule has 4 fully saturated rings. The number of aromatic nitrogens is 7. The number of ether oxygens (including phenoxy) is 1. The number of fused-ring (bicyclic) bond motifs is 3. The molecule has 0 amide bonds. The van der Waals surface area contributed by atoms with Crippen molar-refractivity contribution in [1.82, 2.24) is 34.7 Å². The van der Waals surface area contributed by atoms with E-state index in [1.54, 1.807) is 11.8 Å². The zero-order chi connectivity index (χ0) is 27.4. The van der Waals surface area contributed by atoms with E-state index in [9.17, 15) is 13.2 Å². The van der Waals surface area contributed by atoms with Crippen LogP contribution < -0.4 is 10.1 Å². The summed E-state index contributed by atoms with van der Waals surface area (Å²) in [5, 5.41) is 7.55. The summed E-state index contributed by atoms with van der Waals surface area (Å²) in [6.45, 7) is 4.55. The lowest BCUT2D eigenvalue weighted by Gasteiger charge is -2.54. The maximum atomic E-state index is 13.5. The summed E-state index contributed by atoms with van der Waals surface area (Å²) >= 11 is 0. The van der Waals surface area contributed by atoms with Gasteiger partial charge in [-0.3, -0.25) is 4.68 Å². The fraction of sp³-hybridized carbons (Fsp3) is 0.630. The van der Waals surface area contributed by atoms with Crippen molar-refractivity contribution in [3.05, 3.63) is 35.8 Å². The number of hydrogen-bond acceptors (Lipinski definition) is 8. The van der Waals surface area contributed by atoms with Crippen LogP contribution in [0.5, 0.6) is 5.88 Å². The monoisotopic (exact) mass is 542 g/mol. The molecule has 0 unspecified atom stereocenters. The fourth-order valence-electron chi connectivity index (χ4n) is 6.33. The SMILES string of the molecule is COc1ncnc(C2CC2)c1-c1ncnc(NCC23CCC(n4nc(C(F)(F)F)cc4C(C)C)(CC2)CC3)n1. The summed E-state index contributed by atoms with van der Waals surface area (Å²) in [7, 11) is 1.57. The zero-order valence-electron chi connectivity index (χ0n) is 22.4. The van der Waals surface area contributed by atoms with Gasteiger partial charge in [-0.25, -0.2) is 19.9 Å². The molecular formula is C27H33F3N8O. The number of methoxy groups -OCH3 is 1. The van der Waals surface area contributed by atoms with E-state index in [0.29, 0.717) is 41.4 Å². The molecule has 1 N–H and O–H groups in total. The topological polar surface area (TPSA) is 104 Å². The second-order valence-electron chi connectivity index (χ2n) is 11.6. The second-order valence-corrected chi connectivity index (χ2v) is 11.6. The Morgan fingerprint density at radius 2 is 1.72 bits per heavy atom. The Kier molecular flexibility index (Phi) is 6.26. The molecule has 2 bridgehead atoms. The van der Waals surface area contributed by atoms with E-state index in [0.717, 1.165) is 57.1 Å². The fourth-order valence-corrected chi connectivity index (χ4v) is 6.33. The van der Waals surface area contributed by atoms with Crippen molar-refractivity contribution >= 4 is 5.95 Å². The Morgan fingerprint density at radius 3 is 2.33 bits per heavy atom. The number of halogens is 3. The molecule has 12 heteroatoms. The molecule has 0 saturated heterocycles. The van der Waals surface area contributed by atoms with Crippen molar-refractivity contribution < 1.29 is 17.9 Å². The van der Waals surface area contributed by atoms with Gasteiger partial charge in [-0.15, -0.1) is 0 Å². The molecule has 3 aromatic rings. The lowest BCUT2D eigenvalue weighted by Crippen LogP contribution is -2.51. The first-order valence-electron chi connectivity index (χ1n) is 13.6. The van der Waals surface area contributed by atoms with E-state index in [1.165, 1.54) is 18.7 Å². The van der Waals surface area contributed by atoms with Gasteiger partial charge in [-0.1, -0.05) is 13.8 Å². The predicted octanol–water partition coefficient (Wildman–Crippen LogP) is 5.71. The van der Waals surface area contributed by atoms with Crippen LogP contribution in [0.4, 0.5) is 19.1 Å². The summed E-state index contributed by atoms with van der Waals surface area (Å²) in [6, 6.07) is 1.23. The van der Waals surface area contributed by atoms with E-state index in [1.807, 2.05) is 13.8 Å². The van der Waals surface area contributed by atoms with Crippen molar-refractivity contribution in [3.63, 3.8) is 0 Å². The molecule has 0 radical (unpaired) electrons. The Morgan fingerprint density at radius 1 is 1.03 bits per heavy atom. The van der Waals surface area contributed by atoms with Gasteiger partial charge in [0.05, 0.1) is 18.3 Å². The highest BCUT2D eigenvalue weighted by atomic mass is 19.4. The molecule has 0 aromatic carbocycles. The highest BCUT2D eigenvalue weighted by Gasteiger charge is 2.51. The van der Waals surface area contributed by atoms with Crippen molar-refractivity contribution in [2.75, 3.05) is 19.0 Å². The maximum Gasteiger partial charge on any atom is 0.435 e. The summed E-state index contributed by atoms with van der Waals surface area (Å²) in [4.78, 5) is 22.2. The third-order valence-electron chi connectivity index (χ3n) is 8.85. The summed E-state index contributed by atoms with van der Waals surface area (Å²) in [5.74, 6) is 1.74. The minimum Gasteiger partial charge on any atom is -0.480 e. The summed E-state index contributed by atoms with van der Waals surface area (Å²) < 4.78 is 47.7. The molecule has 3 heterocycles. The van der Waals surface area contributed by atoms with Crippen molar-refractivity contribution in [1.29, 1.82) is 0 Å². The summed E-state index contributed by atoms with van der Waals surface area (Å²) in [5.41, 5.74) is 1.18. The molecule has 4 aliphatic carbocycles. The zero-order valence-corrected chi connectivity index (χ0v) is 22.4. The van der Waals surface area contributed by atoms with Crippen LogP contribution in [0.25, 0.3) is 11.4 Å². The lowest BCUT2D eigenvalue weighted by molar-refractivity contribution is -0.142. The second kappa shape index (κ2) is 9.41. The lowest BCUT2D eigenvalue weighted by atomic mass is 9.57. The van der Waals surface area contributed by atoms with Crippen LogP contribution in [-0.4, -0.2) is 48.4 Å². The third-order valence-corrected chi connectivity index (χ3v) is 8.85. The molecule has 0 spiro atoms. The standard InChI is InChI=1S/C27H33F3N8O/c1-16(2)18-12-19(27(28,29)30)37-38(18)26-9-6-25(7-10-26,8-11-26)13-31-24-35-15-33-22(36-24)20-21(17-4-5-17)32-14-34-23(20)39-3/h12,14-17H,4-11,13H2,1-3H3,(H,31,33,35,36). The number of alkyl halides is 3. The number of hydrogen-bond donors (Lipinski definition) is 1. The van der Waals surface area contributed by atoms with Crippen LogP contribution in [0.2, 0.25) is 0 Å². The molecule has 7 rings (SSSR count). The minimum atomic E-state index is -4.44. The van der Waals surface area contributed by atoms with Gasteiger partial charge in [-0.2, -0.15) is 23.3 Å². The Hall–Kier alpha value is -3.31. The smallest absolute Gasteiger partial charge is 0.435 e. The average Bonchev–Trinajstić information content (AvgIpc) is 3.68. The largest absolute Gasteiger partial charge is 0.480 e. The Bertz CT molecular complexity index is 1340. The number of rotatable bonds is 8. The number of nitrogens with zero attached hydrogens (tertiary/aromatic N) is 7. The van der Waals surface area contributed by atoms with Crippen LogP contribution in [0, 0.1) is 5.41 Å². The van der Waals surface area contributed by atoms with Gasteiger partial charge in [-0.05, 0) is 68.8 Å². The van der Waals surface area contributed by atoms with Crippen molar-refractivity contribution in [2.45, 2.75) is 88.8 Å². The average molecular weight is 543 g/mol. The van der Waals surface area contributed by atoms with Crippen molar-refractivity contribution in [2.24, 2.45) is 5.41 Å². The van der Waals surface area contributed by atoms with Gasteiger partial charge in [0.15, 0.2) is 11.5 Å². The molecule has 0 atom stereocenters. The Balaban J connectivity index is 1.18. The van der Waals surface area contributed by atoms with Gasteiger partial charge in [0.1, 0.15) is 18.2 Å². The quantitative estimate of drug-likeness (QED) is 0.386. The molecule has 3 aromatic heterocycles. The summed E-state index contributed by atoms with van der Waals surface area (Å²) in [6.07, 6.45) is 5.83. The van der Waals surface area contributed by atoms with Gasteiger partial charge in [0.25, 0.3) is 0 Å². The van der Waals surface area contributed by atoms with Crippen molar-refractivity contribution in [3.8, 4) is 17.3 Å². The minimum absolute atomic E-state index is 0.0367. The van der Waals surface area contributed by atoms with E-state index >= 15 is 0 Å². The van der Waals surface area contributed by atoms with Crippen LogP contribution >= 0.6 is 0 Å². The highest BCUT2D eigenvalue weighted by Crippen LogP contribution is 2.56. The van der Waals surface area contributed by atoms with E-state index in [-0.39, 0.29) is 16.9 Å². The first kappa shape index (κ1) is 25.9. The van der Waals surface area contributed by atoms with Crippen LogP contribution in [0.15, 0.2) is 18.7 Å². The maximum absolute atomic E-state index is 13.5. The molecule has 4 saturated carbocycles. The van der Waals surface area contributed by atoms with E-state index in [2.05, 4.69) is 35.3 Å². The molecule has 0 aliphatic heterocycles. The van der Waals surface area contributed by atoms with Crippen LogP contribution in [0.1, 0.15) is 94.1 Å². The highest BCUT2D eigenvalue weighted by molar-refractivity contribution is 5.66. The normalized spacial score (nSPS) is 24.8. The predicted molar refractivity (Wildman–Crippen MR) is 137 cm³/mol. The third kappa shape index (κ3) is 4.71. The van der Waals surface area contributed by atoms with E-state index < -0.39 is 11.9 Å². The number of anilines is 1. The Labute approximate surface area is 225 Å². The van der Waals surface area contributed by atoms with Gasteiger partial charge in [0.2, 0.25) is 11.8 Å². The molecular weight excluding hydrogens is 509 g/mol. The van der Waals surface area contributed by atoms with Gasteiger partial charge >= 0.3 is 6.18 Å². The molecule has 208 valence electrons. The molecule has 9 nitrogen and oxygen atoms in total. The van der Waals surface area contributed by atoms with Crippen LogP contribution in [0.3, 0.4) is 0 Å².